The molecule has 0 saturated carbocycles. The lowest BCUT2D eigenvalue weighted by atomic mass is 10.3. The van der Waals surface area contributed by atoms with Gasteiger partial charge in [0.2, 0.25) is 0 Å². The number of hydrogen-bond donors (Lipinski definition) is 2. The van der Waals surface area contributed by atoms with Gasteiger partial charge in [0, 0.05) is 27.3 Å². The quantitative estimate of drug-likeness (QED) is 0.757. The minimum atomic E-state index is -1.10. The zero-order chi connectivity index (χ0) is 14.3. The highest BCUT2D eigenvalue weighted by Gasteiger charge is 2.09. The van der Waals surface area contributed by atoms with E-state index in [2.05, 4.69) is 10.3 Å². The molecular formula is C12H17N3O4. The second-order valence-electron chi connectivity index (χ2n) is 3.94. The van der Waals surface area contributed by atoms with Gasteiger partial charge in [-0.3, -0.25) is 0 Å². The molecule has 0 aliphatic rings. The normalized spacial score (nSPS) is 10.0. The highest BCUT2D eigenvalue weighted by atomic mass is 16.5. The summed E-state index contributed by atoms with van der Waals surface area (Å²) in [6.07, 6.45) is 2.06. The summed E-state index contributed by atoms with van der Waals surface area (Å²) in [5.41, 5.74) is 0.389. The van der Waals surface area contributed by atoms with Crippen molar-refractivity contribution in [1.82, 2.24) is 9.88 Å². The second-order valence-corrected chi connectivity index (χ2v) is 3.94. The first-order chi connectivity index (χ1) is 9.04. The lowest BCUT2D eigenvalue weighted by Gasteiger charge is -2.17. The number of nitrogens with one attached hydrogen (secondary N) is 1. The average molecular weight is 267 g/mol. The number of methoxy groups -OCH3 is 1. The van der Waals surface area contributed by atoms with Gasteiger partial charge in [0.1, 0.15) is 5.69 Å². The minimum absolute atomic E-state index is 0.0635. The monoisotopic (exact) mass is 267 g/mol. The van der Waals surface area contributed by atoms with Crippen molar-refractivity contribution in [3.8, 4) is 0 Å². The molecule has 2 N–H and O–H groups in total. The summed E-state index contributed by atoms with van der Waals surface area (Å²) in [5, 5.41) is 11.3. The van der Waals surface area contributed by atoms with E-state index in [1.165, 1.54) is 23.2 Å². The van der Waals surface area contributed by atoms with Crippen LogP contribution < -0.4 is 5.32 Å². The number of urea groups is 1. The van der Waals surface area contributed by atoms with Crippen molar-refractivity contribution in [1.29, 1.82) is 0 Å². The van der Waals surface area contributed by atoms with E-state index in [0.29, 0.717) is 18.8 Å². The molecule has 0 aliphatic carbocycles. The molecule has 7 nitrogen and oxygen atoms in total. The number of amides is 2. The van der Waals surface area contributed by atoms with E-state index in [-0.39, 0.29) is 11.7 Å². The molecule has 0 radical (unpaired) electrons. The highest BCUT2D eigenvalue weighted by Crippen LogP contribution is 2.07. The Hall–Kier alpha value is -2.15. The Morgan fingerprint density at radius 3 is 2.74 bits per heavy atom. The number of aromatic nitrogens is 1. The van der Waals surface area contributed by atoms with E-state index < -0.39 is 5.97 Å². The number of ether oxygens (including phenoxy) is 1. The van der Waals surface area contributed by atoms with Crippen molar-refractivity contribution >= 4 is 17.7 Å². The van der Waals surface area contributed by atoms with Crippen molar-refractivity contribution in [3.05, 3.63) is 24.0 Å². The molecule has 0 atom stereocenters. The zero-order valence-electron chi connectivity index (χ0n) is 10.9. The van der Waals surface area contributed by atoms with Gasteiger partial charge in [-0.25, -0.2) is 14.6 Å². The Morgan fingerprint density at radius 2 is 2.21 bits per heavy atom. The fraction of sp³-hybridized carbons (Fsp3) is 0.417. The van der Waals surface area contributed by atoms with Crippen molar-refractivity contribution in [2.24, 2.45) is 0 Å². The number of pyridine rings is 1. The third-order valence-electron chi connectivity index (χ3n) is 2.42. The molecule has 0 bridgehead atoms. The predicted octanol–water partition coefficient (Wildman–Crippen LogP) is 1.28. The number of rotatable bonds is 6. The van der Waals surface area contributed by atoms with Crippen LogP contribution in [0.1, 0.15) is 16.9 Å². The van der Waals surface area contributed by atoms with E-state index in [9.17, 15) is 9.59 Å². The van der Waals surface area contributed by atoms with Crippen molar-refractivity contribution in [3.63, 3.8) is 0 Å². The van der Waals surface area contributed by atoms with Crippen LogP contribution in [0.4, 0.5) is 10.5 Å². The van der Waals surface area contributed by atoms with Gasteiger partial charge < -0.3 is 20.1 Å². The molecule has 7 heteroatoms. The minimum Gasteiger partial charge on any atom is -0.477 e. The van der Waals surface area contributed by atoms with E-state index in [1.807, 2.05) is 0 Å². The van der Waals surface area contributed by atoms with Gasteiger partial charge in [-0.1, -0.05) is 0 Å². The van der Waals surface area contributed by atoms with Crippen molar-refractivity contribution < 1.29 is 19.4 Å². The lowest BCUT2D eigenvalue weighted by Crippen LogP contribution is -2.32. The number of anilines is 1. The summed E-state index contributed by atoms with van der Waals surface area (Å²) in [7, 11) is 3.28. The zero-order valence-corrected chi connectivity index (χ0v) is 10.9. The van der Waals surface area contributed by atoms with Gasteiger partial charge >= 0.3 is 12.0 Å². The molecule has 0 fully saturated rings. The van der Waals surface area contributed by atoms with Crippen LogP contribution in [-0.4, -0.2) is 54.3 Å². The maximum Gasteiger partial charge on any atom is 0.354 e. The molecule has 1 heterocycles. The number of carbonyl (C=O) groups excluding carboxylic acids is 1. The first-order valence-electron chi connectivity index (χ1n) is 5.75. The van der Waals surface area contributed by atoms with E-state index in [4.69, 9.17) is 9.84 Å². The Morgan fingerprint density at radius 1 is 1.47 bits per heavy atom. The largest absolute Gasteiger partial charge is 0.477 e. The van der Waals surface area contributed by atoms with E-state index >= 15 is 0 Å². The van der Waals surface area contributed by atoms with Crippen LogP contribution in [0.5, 0.6) is 0 Å². The van der Waals surface area contributed by atoms with Gasteiger partial charge in [-0.2, -0.15) is 0 Å². The third kappa shape index (κ3) is 4.92. The fourth-order valence-electron chi connectivity index (χ4n) is 1.36. The molecule has 2 amide bonds. The summed E-state index contributed by atoms with van der Waals surface area (Å²) in [6.45, 7) is 1.16. The Bertz CT molecular complexity index is 433. The number of hydrogen-bond acceptors (Lipinski definition) is 4. The number of nitrogens with zero attached hydrogens (tertiary/aromatic N) is 2. The summed E-state index contributed by atoms with van der Waals surface area (Å²) in [5.74, 6) is -1.10. The maximum absolute atomic E-state index is 11.8. The van der Waals surface area contributed by atoms with Crippen LogP contribution in [0, 0.1) is 0 Å². The molecule has 0 spiro atoms. The number of carbonyl (C=O) groups is 2. The Balaban J connectivity index is 2.49. The molecule has 1 aromatic heterocycles. The first-order valence-corrected chi connectivity index (χ1v) is 5.75. The highest BCUT2D eigenvalue weighted by molar-refractivity contribution is 5.90. The summed E-state index contributed by atoms with van der Waals surface area (Å²) < 4.78 is 4.90. The molecule has 104 valence electrons. The van der Waals surface area contributed by atoms with E-state index in [0.717, 1.165) is 6.42 Å². The smallest absolute Gasteiger partial charge is 0.354 e. The Kier molecular flexibility index (Phi) is 5.74. The third-order valence-corrected chi connectivity index (χ3v) is 2.42. The van der Waals surface area contributed by atoms with Crippen molar-refractivity contribution in [2.45, 2.75) is 6.42 Å². The molecule has 0 unspecified atom stereocenters. The number of carboxylic acid groups (broad SMARTS) is 1. The van der Waals surface area contributed by atoms with E-state index in [1.54, 1.807) is 14.2 Å². The van der Waals surface area contributed by atoms with Gasteiger partial charge in [-0.15, -0.1) is 0 Å². The molecule has 0 aliphatic heterocycles. The Labute approximate surface area is 111 Å². The molecule has 0 saturated heterocycles. The fourth-order valence-corrected chi connectivity index (χ4v) is 1.36. The van der Waals surface area contributed by atoms with Crippen LogP contribution in [0.25, 0.3) is 0 Å². The van der Waals surface area contributed by atoms with Crippen LogP contribution in [-0.2, 0) is 4.74 Å². The summed E-state index contributed by atoms with van der Waals surface area (Å²) >= 11 is 0. The molecule has 1 aromatic rings. The molecule has 1 rings (SSSR count). The van der Waals surface area contributed by atoms with Gasteiger partial charge in [-0.05, 0) is 18.6 Å². The predicted molar refractivity (Wildman–Crippen MR) is 69.3 cm³/mol. The number of carboxylic acids is 1. The second kappa shape index (κ2) is 7.32. The van der Waals surface area contributed by atoms with Crippen LogP contribution in [0.2, 0.25) is 0 Å². The first kappa shape index (κ1) is 14.9. The average Bonchev–Trinajstić information content (AvgIpc) is 2.39. The van der Waals surface area contributed by atoms with Crippen molar-refractivity contribution in [2.75, 3.05) is 32.6 Å². The lowest BCUT2D eigenvalue weighted by molar-refractivity contribution is 0.0690. The van der Waals surface area contributed by atoms with Gasteiger partial charge in [0.05, 0.1) is 11.9 Å². The van der Waals surface area contributed by atoms with Crippen LogP contribution in [0.15, 0.2) is 18.3 Å². The standard InChI is InChI=1S/C12H17N3O4/c1-15(6-3-7-19-2)12(18)14-9-4-5-10(11(16)17)13-8-9/h4-5,8H,3,6-7H2,1-2H3,(H,14,18)(H,16,17). The maximum atomic E-state index is 11.8. The summed E-state index contributed by atoms with van der Waals surface area (Å²) in [4.78, 5) is 27.6. The van der Waals surface area contributed by atoms with Crippen LogP contribution >= 0.6 is 0 Å². The van der Waals surface area contributed by atoms with Crippen LogP contribution in [0.3, 0.4) is 0 Å². The molecule has 0 aromatic carbocycles. The topological polar surface area (TPSA) is 91.8 Å². The summed E-state index contributed by atoms with van der Waals surface area (Å²) in [6, 6.07) is 2.56. The molecule has 19 heavy (non-hydrogen) atoms. The van der Waals surface area contributed by atoms with Gasteiger partial charge in [0.25, 0.3) is 0 Å². The number of aromatic carboxylic acids is 1. The van der Waals surface area contributed by atoms with Gasteiger partial charge in [0.15, 0.2) is 0 Å². The molecular weight excluding hydrogens is 250 g/mol. The SMILES string of the molecule is COCCCN(C)C(=O)Nc1ccc(C(=O)O)nc1.